The quantitative estimate of drug-likeness (QED) is 0.0285. The molecule has 14 heteroatoms. The fourth-order valence-electron chi connectivity index (χ4n) is 7.94. The zero-order valence-electron chi connectivity index (χ0n) is 37.7. The average Bonchev–Trinajstić information content (AvgIpc) is 3.25. The zero-order valence-corrected chi connectivity index (χ0v) is 37.7. The van der Waals surface area contributed by atoms with Crippen LogP contribution in [-0.4, -0.2) is 140 Å². The maximum atomic E-state index is 12.5. The van der Waals surface area contributed by atoms with Gasteiger partial charge < -0.3 is 65.1 Å². The number of hydrogen-bond donors (Lipinski definition) is 9. The first-order chi connectivity index (χ1) is 29.6. The number of hydrogen-bond acceptors (Lipinski definition) is 13. The SMILES string of the molecule is CCCCCCCCCCCCCCCCCCCCCC/C=C/CC/C=C/C(O)C(COC1OC(CO)C(OC2OC(CO)C(O)C(O)C2O)C(O)C1O)NC(=O)CCC. The number of carbonyl (C=O) groups is 1. The summed E-state index contributed by atoms with van der Waals surface area (Å²) in [5, 5.41) is 85.6. The Balaban J connectivity index is 1.62. The van der Waals surface area contributed by atoms with Crippen molar-refractivity contribution in [3.05, 3.63) is 24.3 Å². The number of nitrogens with one attached hydrogen (secondary N) is 1. The third-order valence-electron chi connectivity index (χ3n) is 11.9. The lowest BCUT2D eigenvalue weighted by atomic mass is 9.97. The second kappa shape index (κ2) is 34.8. The third-order valence-corrected chi connectivity index (χ3v) is 11.9. The third kappa shape index (κ3) is 22.8. The van der Waals surface area contributed by atoms with E-state index in [0.717, 1.165) is 12.8 Å². The summed E-state index contributed by atoms with van der Waals surface area (Å²) < 4.78 is 22.4. The summed E-state index contributed by atoms with van der Waals surface area (Å²) in [7, 11) is 0. The molecule has 0 aliphatic carbocycles. The van der Waals surface area contributed by atoms with Gasteiger partial charge in [0.1, 0.15) is 48.8 Å². The summed E-state index contributed by atoms with van der Waals surface area (Å²) in [5.41, 5.74) is 0. The lowest BCUT2D eigenvalue weighted by molar-refractivity contribution is -0.359. The van der Waals surface area contributed by atoms with Gasteiger partial charge in [0.15, 0.2) is 12.6 Å². The lowest BCUT2D eigenvalue weighted by Crippen LogP contribution is -2.65. The molecule has 358 valence electrons. The second-order valence-electron chi connectivity index (χ2n) is 17.2. The molecule has 2 aliphatic heterocycles. The van der Waals surface area contributed by atoms with E-state index in [2.05, 4.69) is 24.4 Å². The maximum Gasteiger partial charge on any atom is 0.220 e. The molecule has 2 fully saturated rings. The maximum absolute atomic E-state index is 12.5. The van der Waals surface area contributed by atoms with Gasteiger partial charge in [0.2, 0.25) is 5.91 Å². The van der Waals surface area contributed by atoms with Crippen LogP contribution in [0.5, 0.6) is 0 Å². The number of unbranched alkanes of at least 4 members (excludes halogenated alkanes) is 21. The van der Waals surface area contributed by atoms with Crippen LogP contribution in [0.25, 0.3) is 0 Å². The van der Waals surface area contributed by atoms with Crippen molar-refractivity contribution in [2.45, 2.75) is 248 Å². The molecule has 2 rings (SSSR count). The molecule has 61 heavy (non-hydrogen) atoms. The highest BCUT2D eigenvalue weighted by Crippen LogP contribution is 2.30. The Morgan fingerprint density at radius 2 is 1.05 bits per heavy atom. The van der Waals surface area contributed by atoms with Gasteiger partial charge in [-0.1, -0.05) is 160 Å². The summed E-state index contributed by atoms with van der Waals surface area (Å²) in [6.07, 6.45) is 21.6. The monoisotopic (exact) mass is 874 g/mol. The molecule has 0 aromatic carbocycles. The van der Waals surface area contributed by atoms with Crippen LogP contribution in [-0.2, 0) is 23.7 Å². The Kier molecular flexibility index (Phi) is 31.7. The fourth-order valence-corrected chi connectivity index (χ4v) is 7.94. The predicted octanol–water partition coefficient (Wildman–Crippen LogP) is 5.38. The van der Waals surface area contributed by atoms with Gasteiger partial charge in [-0.2, -0.15) is 0 Å². The summed E-state index contributed by atoms with van der Waals surface area (Å²) in [4.78, 5) is 12.5. The molecular weight excluding hydrogens is 787 g/mol. The fraction of sp³-hybridized carbons (Fsp3) is 0.894. The van der Waals surface area contributed by atoms with Gasteiger partial charge in [-0.3, -0.25) is 4.79 Å². The van der Waals surface area contributed by atoms with E-state index < -0.39 is 86.8 Å². The number of aliphatic hydroxyl groups is 8. The standard InChI is InChI=1S/C47H87NO13/c1-3-5-6-7-8-9-10-11-12-13-14-15-16-17-18-19-20-21-22-23-24-25-26-27-28-29-31-36(51)35(48-39(52)30-4-2)34-58-46-44(57)42(55)45(38(33-50)60-46)61-47-43(56)41(54)40(53)37(32-49)59-47/h25-26,29,31,35-38,40-47,49-51,53-57H,3-24,27-28,30,32-34H2,1-2H3,(H,48,52)/b26-25+,31-29+. The molecule has 2 aliphatic rings. The highest BCUT2D eigenvalue weighted by molar-refractivity contribution is 5.76. The summed E-state index contributed by atoms with van der Waals surface area (Å²) in [6, 6.07) is -0.923. The van der Waals surface area contributed by atoms with Gasteiger partial charge in [0.05, 0.1) is 32.0 Å². The van der Waals surface area contributed by atoms with E-state index in [1.807, 2.05) is 13.0 Å². The highest BCUT2D eigenvalue weighted by Gasteiger charge is 2.50. The van der Waals surface area contributed by atoms with E-state index >= 15 is 0 Å². The Labute approximate surface area is 367 Å². The molecular formula is C47H87NO13. The van der Waals surface area contributed by atoms with E-state index in [-0.39, 0.29) is 18.9 Å². The van der Waals surface area contributed by atoms with Crippen LogP contribution in [0.3, 0.4) is 0 Å². The van der Waals surface area contributed by atoms with Crippen molar-refractivity contribution in [1.82, 2.24) is 5.32 Å². The minimum Gasteiger partial charge on any atom is -0.394 e. The molecule has 1 amide bonds. The molecule has 9 N–H and O–H groups in total. The molecule has 2 saturated heterocycles. The summed E-state index contributed by atoms with van der Waals surface area (Å²) in [6.45, 7) is 2.39. The van der Waals surface area contributed by atoms with Crippen molar-refractivity contribution in [3.8, 4) is 0 Å². The first kappa shape index (κ1) is 55.6. The number of aliphatic hydroxyl groups excluding tert-OH is 8. The molecule has 0 saturated carbocycles. The molecule has 0 aromatic rings. The van der Waals surface area contributed by atoms with Crippen LogP contribution < -0.4 is 5.32 Å². The van der Waals surface area contributed by atoms with Gasteiger partial charge in [0, 0.05) is 6.42 Å². The first-order valence-corrected chi connectivity index (χ1v) is 24.1. The lowest BCUT2D eigenvalue weighted by Gasteiger charge is -2.46. The minimum absolute atomic E-state index is 0.224. The second-order valence-corrected chi connectivity index (χ2v) is 17.2. The van der Waals surface area contributed by atoms with Crippen molar-refractivity contribution in [2.24, 2.45) is 0 Å². The van der Waals surface area contributed by atoms with Gasteiger partial charge in [0.25, 0.3) is 0 Å². The molecule has 12 atom stereocenters. The Bertz CT molecular complexity index is 1130. The van der Waals surface area contributed by atoms with Crippen LogP contribution in [0.4, 0.5) is 0 Å². The topological polar surface area (TPSA) is 228 Å². The van der Waals surface area contributed by atoms with Crippen molar-refractivity contribution in [3.63, 3.8) is 0 Å². The number of rotatable bonds is 36. The number of amides is 1. The highest BCUT2D eigenvalue weighted by atomic mass is 16.7. The Hall–Kier alpha value is -1.53. The van der Waals surface area contributed by atoms with Crippen LogP contribution in [0.15, 0.2) is 24.3 Å². The molecule has 0 radical (unpaired) electrons. The molecule has 0 spiro atoms. The van der Waals surface area contributed by atoms with Gasteiger partial charge in [-0.15, -0.1) is 0 Å². The van der Waals surface area contributed by atoms with Gasteiger partial charge in [-0.05, 0) is 32.1 Å². The summed E-state index contributed by atoms with van der Waals surface area (Å²) >= 11 is 0. The van der Waals surface area contributed by atoms with E-state index in [1.54, 1.807) is 6.08 Å². The molecule has 2 heterocycles. The molecule has 0 bridgehead atoms. The largest absolute Gasteiger partial charge is 0.394 e. The van der Waals surface area contributed by atoms with Crippen molar-refractivity contribution in [1.29, 1.82) is 0 Å². The molecule has 12 unspecified atom stereocenters. The number of carbonyl (C=O) groups excluding carboxylic acids is 1. The zero-order chi connectivity index (χ0) is 44.7. The van der Waals surface area contributed by atoms with E-state index in [1.165, 1.54) is 128 Å². The Morgan fingerprint density at radius 1 is 0.574 bits per heavy atom. The van der Waals surface area contributed by atoms with Crippen LogP contribution in [0.2, 0.25) is 0 Å². The number of ether oxygens (including phenoxy) is 4. The summed E-state index contributed by atoms with van der Waals surface area (Å²) in [5.74, 6) is -0.303. The van der Waals surface area contributed by atoms with Crippen LogP contribution >= 0.6 is 0 Å². The minimum atomic E-state index is -1.79. The normalized spacial score (nSPS) is 28.2. The molecule has 0 aromatic heterocycles. The van der Waals surface area contributed by atoms with Crippen molar-refractivity contribution >= 4 is 5.91 Å². The number of allylic oxidation sites excluding steroid dienone is 3. The van der Waals surface area contributed by atoms with E-state index in [9.17, 15) is 45.6 Å². The van der Waals surface area contributed by atoms with Crippen LogP contribution in [0, 0.1) is 0 Å². The smallest absolute Gasteiger partial charge is 0.220 e. The molecule has 14 nitrogen and oxygen atoms in total. The van der Waals surface area contributed by atoms with E-state index in [0.29, 0.717) is 12.8 Å². The van der Waals surface area contributed by atoms with Gasteiger partial charge in [-0.25, -0.2) is 0 Å². The van der Waals surface area contributed by atoms with Gasteiger partial charge >= 0.3 is 0 Å². The van der Waals surface area contributed by atoms with Crippen LogP contribution in [0.1, 0.15) is 174 Å². The first-order valence-electron chi connectivity index (χ1n) is 24.1. The average molecular weight is 874 g/mol. The van der Waals surface area contributed by atoms with Crippen molar-refractivity contribution < 1.29 is 64.6 Å². The predicted molar refractivity (Wildman–Crippen MR) is 235 cm³/mol. The van der Waals surface area contributed by atoms with Crippen molar-refractivity contribution in [2.75, 3.05) is 19.8 Å². The Morgan fingerprint density at radius 3 is 1.57 bits per heavy atom. The van der Waals surface area contributed by atoms with E-state index in [4.69, 9.17) is 18.9 Å².